The standard InChI is InChI=1S/C6H6BrN3O2/c7-5-3-4(9-8)1-2-6(5)10(11)12/h1-3,9H,8H2. The van der Waals surface area contributed by atoms with Crippen LogP contribution < -0.4 is 11.3 Å². The van der Waals surface area contributed by atoms with Crippen LogP contribution >= 0.6 is 15.9 Å². The van der Waals surface area contributed by atoms with E-state index in [1.807, 2.05) is 0 Å². The summed E-state index contributed by atoms with van der Waals surface area (Å²) >= 11 is 3.05. The number of nitrogens with two attached hydrogens (primary N) is 1. The molecule has 0 unspecified atom stereocenters. The third kappa shape index (κ3) is 1.72. The zero-order valence-corrected chi connectivity index (χ0v) is 7.54. The molecule has 0 aliphatic carbocycles. The fourth-order valence-electron chi connectivity index (χ4n) is 0.745. The van der Waals surface area contributed by atoms with Crippen molar-refractivity contribution in [3.05, 3.63) is 32.8 Å². The van der Waals surface area contributed by atoms with Crippen LogP contribution in [0.3, 0.4) is 0 Å². The maximum atomic E-state index is 10.3. The van der Waals surface area contributed by atoms with E-state index in [4.69, 9.17) is 5.84 Å². The SMILES string of the molecule is NNc1ccc([N+](=O)[O-])c(Br)c1. The number of rotatable bonds is 2. The number of hydrogen-bond acceptors (Lipinski definition) is 4. The first-order valence-corrected chi connectivity index (χ1v) is 3.85. The molecule has 1 rings (SSSR count). The molecule has 0 aliphatic heterocycles. The van der Waals surface area contributed by atoms with Crippen LogP contribution in [-0.4, -0.2) is 4.92 Å². The predicted molar refractivity (Wildman–Crippen MR) is 48.6 cm³/mol. The lowest BCUT2D eigenvalue weighted by atomic mass is 10.3. The van der Waals surface area contributed by atoms with Crippen LogP contribution in [0.1, 0.15) is 0 Å². The van der Waals surface area contributed by atoms with Crippen LogP contribution in [0.15, 0.2) is 22.7 Å². The number of benzene rings is 1. The second kappa shape index (κ2) is 3.51. The van der Waals surface area contributed by atoms with Crippen LogP contribution in [-0.2, 0) is 0 Å². The summed E-state index contributed by atoms with van der Waals surface area (Å²) in [6.45, 7) is 0. The van der Waals surface area contributed by atoms with Gasteiger partial charge in [-0.15, -0.1) is 0 Å². The minimum Gasteiger partial charge on any atom is -0.324 e. The van der Waals surface area contributed by atoms with Crippen LogP contribution in [0.5, 0.6) is 0 Å². The van der Waals surface area contributed by atoms with Crippen molar-refractivity contribution in [2.45, 2.75) is 0 Å². The number of nitro benzene ring substituents is 1. The summed E-state index contributed by atoms with van der Waals surface area (Å²) in [7, 11) is 0. The fourth-order valence-corrected chi connectivity index (χ4v) is 1.27. The van der Waals surface area contributed by atoms with Crippen LogP contribution in [0, 0.1) is 10.1 Å². The van der Waals surface area contributed by atoms with Crippen LogP contribution in [0.4, 0.5) is 11.4 Å². The molecule has 3 N–H and O–H groups in total. The van der Waals surface area contributed by atoms with Gasteiger partial charge in [0.15, 0.2) is 0 Å². The van der Waals surface area contributed by atoms with Gasteiger partial charge >= 0.3 is 0 Å². The average Bonchev–Trinajstić information content (AvgIpc) is 2.03. The topological polar surface area (TPSA) is 81.2 Å². The highest BCUT2D eigenvalue weighted by atomic mass is 79.9. The van der Waals surface area contributed by atoms with Crippen molar-refractivity contribution in [1.82, 2.24) is 0 Å². The van der Waals surface area contributed by atoms with Gasteiger partial charge in [0.25, 0.3) is 5.69 Å². The number of nitro groups is 1. The lowest BCUT2D eigenvalue weighted by molar-refractivity contribution is -0.385. The molecule has 0 saturated carbocycles. The highest BCUT2D eigenvalue weighted by Gasteiger charge is 2.10. The van der Waals surface area contributed by atoms with Crippen molar-refractivity contribution in [2.75, 3.05) is 5.43 Å². The number of hydrazine groups is 1. The van der Waals surface area contributed by atoms with Crippen molar-refractivity contribution >= 4 is 27.3 Å². The minimum absolute atomic E-state index is 0.0222. The molecule has 0 aliphatic rings. The van der Waals surface area contributed by atoms with Crippen molar-refractivity contribution in [3.63, 3.8) is 0 Å². The van der Waals surface area contributed by atoms with Crippen molar-refractivity contribution in [1.29, 1.82) is 0 Å². The molecule has 0 heterocycles. The minimum atomic E-state index is -0.468. The Kier molecular flexibility index (Phi) is 2.61. The normalized spacial score (nSPS) is 9.50. The van der Waals surface area contributed by atoms with E-state index in [0.29, 0.717) is 10.2 Å². The van der Waals surface area contributed by atoms with E-state index in [2.05, 4.69) is 21.4 Å². The van der Waals surface area contributed by atoms with Gasteiger partial charge < -0.3 is 5.43 Å². The van der Waals surface area contributed by atoms with Crippen molar-refractivity contribution in [2.24, 2.45) is 5.84 Å². The van der Waals surface area contributed by atoms with E-state index < -0.39 is 4.92 Å². The number of anilines is 1. The molecular weight excluding hydrogens is 226 g/mol. The smallest absolute Gasteiger partial charge is 0.283 e. The molecule has 1 aromatic rings. The average molecular weight is 232 g/mol. The lowest BCUT2D eigenvalue weighted by Gasteiger charge is -1.99. The molecule has 0 radical (unpaired) electrons. The van der Waals surface area contributed by atoms with E-state index in [1.54, 1.807) is 0 Å². The zero-order chi connectivity index (χ0) is 9.14. The Labute approximate surface area is 76.8 Å². The van der Waals surface area contributed by atoms with Gasteiger partial charge in [-0.1, -0.05) is 0 Å². The Morgan fingerprint density at radius 2 is 2.25 bits per heavy atom. The molecule has 1 aromatic carbocycles. The predicted octanol–water partition coefficient (Wildman–Crippen LogP) is 1.64. The second-order valence-electron chi connectivity index (χ2n) is 2.07. The molecule has 5 nitrogen and oxygen atoms in total. The molecule has 0 aromatic heterocycles. The first-order chi connectivity index (χ1) is 5.65. The third-order valence-corrected chi connectivity index (χ3v) is 1.95. The van der Waals surface area contributed by atoms with Gasteiger partial charge in [-0.05, 0) is 28.1 Å². The Balaban J connectivity index is 3.12. The molecule has 0 fully saturated rings. The molecule has 0 amide bonds. The molecule has 0 atom stereocenters. The summed E-state index contributed by atoms with van der Waals surface area (Å²) in [6, 6.07) is 4.44. The number of nitrogen functional groups attached to an aromatic ring is 1. The van der Waals surface area contributed by atoms with E-state index in [1.165, 1.54) is 18.2 Å². The van der Waals surface area contributed by atoms with E-state index in [0.717, 1.165) is 0 Å². The van der Waals surface area contributed by atoms with Gasteiger partial charge in [-0.3, -0.25) is 16.0 Å². The summed E-state index contributed by atoms with van der Waals surface area (Å²) in [6.07, 6.45) is 0. The molecule has 0 spiro atoms. The van der Waals surface area contributed by atoms with E-state index >= 15 is 0 Å². The fraction of sp³-hybridized carbons (Fsp3) is 0. The Bertz CT molecular complexity index is 316. The first-order valence-electron chi connectivity index (χ1n) is 3.05. The number of nitrogens with one attached hydrogen (secondary N) is 1. The molecule has 0 bridgehead atoms. The highest BCUT2D eigenvalue weighted by molar-refractivity contribution is 9.10. The lowest BCUT2D eigenvalue weighted by Crippen LogP contribution is -2.06. The Morgan fingerprint density at radius 1 is 1.58 bits per heavy atom. The van der Waals surface area contributed by atoms with E-state index in [9.17, 15) is 10.1 Å². The van der Waals surface area contributed by atoms with Gasteiger partial charge in [-0.25, -0.2) is 0 Å². The largest absolute Gasteiger partial charge is 0.324 e. The van der Waals surface area contributed by atoms with E-state index in [-0.39, 0.29) is 5.69 Å². The highest BCUT2D eigenvalue weighted by Crippen LogP contribution is 2.26. The summed E-state index contributed by atoms with van der Waals surface area (Å²) in [5, 5.41) is 10.3. The molecule has 12 heavy (non-hydrogen) atoms. The van der Waals surface area contributed by atoms with Crippen molar-refractivity contribution in [3.8, 4) is 0 Å². The molecular formula is C6H6BrN3O2. The third-order valence-electron chi connectivity index (χ3n) is 1.31. The maximum absolute atomic E-state index is 10.3. The number of halogens is 1. The summed E-state index contributed by atoms with van der Waals surface area (Å²) < 4.78 is 0.406. The van der Waals surface area contributed by atoms with Gasteiger partial charge in [0.05, 0.1) is 15.1 Å². The first kappa shape index (κ1) is 8.95. The molecule has 6 heteroatoms. The van der Waals surface area contributed by atoms with Gasteiger partial charge in [0.1, 0.15) is 0 Å². The number of nitrogens with zero attached hydrogens (tertiary/aromatic N) is 1. The van der Waals surface area contributed by atoms with Gasteiger partial charge in [0, 0.05) is 6.07 Å². The summed E-state index contributed by atoms with van der Waals surface area (Å²) in [5.74, 6) is 5.10. The van der Waals surface area contributed by atoms with Gasteiger partial charge in [0.2, 0.25) is 0 Å². The summed E-state index contributed by atoms with van der Waals surface area (Å²) in [4.78, 5) is 9.88. The Hall–Kier alpha value is -1.14. The molecule has 64 valence electrons. The Morgan fingerprint density at radius 3 is 2.67 bits per heavy atom. The zero-order valence-electron chi connectivity index (χ0n) is 5.95. The summed E-state index contributed by atoms with van der Waals surface area (Å²) in [5.41, 5.74) is 3.02. The van der Waals surface area contributed by atoms with Crippen LogP contribution in [0.25, 0.3) is 0 Å². The quantitative estimate of drug-likeness (QED) is 0.461. The van der Waals surface area contributed by atoms with Crippen LogP contribution in [0.2, 0.25) is 0 Å². The van der Waals surface area contributed by atoms with Crippen molar-refractivity contribution < 1.29 is 4.92 Å². The maximum Gasteiger partial charge on any atom is 0.283 e. The monoisotopic (exact) mass is 231 g/mol. The molecule has 0 saturated heterocycles. The number of hydrogen-bond donors (Lipinski definition) is 2. The second-order valence-corrected chi connectivity index (χ2v) is 2.92. The van der Waals surface area contributed by atoms with Gasteiger partial charge in [-0.2, -0.15) is 0 Å².